The first-order valence-electron chi connectivity index (χ1n) is 10.2. The molecule has 2 heterocycles. The number of rotatable bonds is 11. The number of carbonyl (C=O) groups excluding carboxylic acids is 1. The highest BCUT2D eigenvalue weighted by Gasteiger charge is 2.13. The summed E-state index contributed by atoms with van der Waals surface area (Å²) in [5.41, 5.74) is 0.559. The molecule has 0 atom stereocenters. The van der Waals surface area contributed by atoms with E-state index in [1.807, 2.05) is 6.92 Å². The fourth-order valence-corrected chi connectivity index (χ4v) is 2.82. The molecule has 9 heteroatoms. The van der Waals surface area contributed by atoms with Crippen molar-refractivity contribution in [1.29, 1.82) is 0 Å². The summed E-state index contributed by atoms with van der Waals surface area (Å²) in [5.74, 6) is 1.26. The van der Waals surface area contributed by atoms with E-state index in [0.29, 0.717) is 31.1 Å². The lowest BCUT2D eigenvalue weighted by atomic mass is 10.0. The third-order valence-corrected chi connectivity index (χ3v) is 4.38. The van der Waals surface area contributed by atoms with Crippen LogP contribution in [0.15, 0.2) is 29.5 Å². The fraction of sp³-hybridized carbons (Fsp3) is 0.650. The van der Waals surface area contributed by atoms with E-state index in [2.05, 4.69) is 25.9 Å². The first-order chi connectivity index (χ1) is 13.8. The van der Waals surface area contributed by atoms with Gasteiger partial charge < -0.3 is 25.4 Å². The lowest BCUT2D eigenvalue weighted by Crippen LogP contribution is -2.41. The van der Waals surface area contributed by atoms with Crippen LogP contribution in [0.1, 0.15) is 36.5 Å². The first kappa shape index (κ1) is 25.6. The number of aliphatic imine (C=N–C) groups is 1. The summed E-state index contributed by atoms with van der Waals surface area (Å²) in [6.07, 6.45) is 6.29. The van der Waals surface area contributed by atoms with Crippen LogP contribution in [0.2, 0.25) is 0 Å². The van der Waals surface area contributed by atoms with Crippen LogP contribution in [-0.4, -0.2) is 69.5 Å². The Morgan fingerprint density at radius 2 is 2.07 bits per heavy atom. The van der Waals surface area contributed by atoms with E-state index in [-0.39, 0.29) is 29.9 Å². The van der Waals surface area contributed by atoms with E-state index >= 15 is 0 Å². The minimum absolute atomic E-state index is 0. The zero-order chi connectivity index (χ0) is 19.9. The molecule has 0 aliphatic carbocycles. The Morgan fingerprint density at radius 3 is 2.79 bits per heavy atom. The van der Waals surface area contributed by atoms with Gasteiger partial charge in [0.15, 0.2) is 5.96 Å². The van der Waals surface area contributed by atoms with Gasteiger partial charge in [0, 0.05) is 65.0 Å². The predicted molar refractivity (Wildman–Crippen MR) is 125 cm³/mol. The van der Waals surface area contributed by atoms with Crippen molar-refractivity contribution in [3.8, 4) is 0 Å². The minimum Gasteiger partial charge on any atom is -0.381 e. The summed E-state index contributed by atoms with van der Waals surface area (Å²) in [6, 6.07) is 3.49. The maximum atomic E-state index is 12.0. The lowest BCUT2D eigenvalue weighted by molar-refractivity contribution is 0.0205. The number of hydrogen-bond acceptors (Lipinski definition) is 5. The molecule has 164 valence electrons. The van der Waals surface area contributed by atoms with Gasteiger partial charge >= 0.3 is 0 Å². The number of aromatic nitrogens is 1. The molecule has 1 aliphatic heterocycles. The molecule has 1 aliphatic rings. The smallest absolute Gasteiger partial charge is 0.252 e. The zero-order valence-corrected chi connectivity index (χ0v) is 19.5. The van der Waals surface area contributed by atoms with Crippen LogP contribution in [0.5, 0.6) is 0 Å². The summed E-state index contributed by atoms with van der Waals surface area (Å²) in [4.78, 5) is 20.4. The second-order valence-corrected chi connectivity index (χ2v) is 6.67. The van der Waals surface area contributed by atoms with Crippen LogP contribution in [-0.2, 0) is 9.47 Å². The third-order valence-electron chi connectivity index (χ3n) is 4.38. The SMILES string of the molecule is CCNC(=NCCCOCC1CCOCC1)NCCNC(=O)c1cccnc1.I. The Labute approximate surface area is 190 Å². The molecule has 1 fully saturated rings. The molecule has 29 heavy (non-hydrogen) atoms. The second kappa shape index (κ2) is 16.3. The third kappa shape index (κ3) is 11.3. The fourth-order valence-electron chi connectivity index (χ4n) is 2.82. The minimum atomic E-state index is -0.126. The molecule has 1 saturated heterocycles. The van der Waals surface area contributed by atoms with Gasteiger partial charge in [-0.15, -0.1) is 24.0 Å². The highest BCUT2D eigenvalue weighted by atomic mass is 127. The summed E-state index contributed by atoms with van der Waals surface area (Å²) < 4.78 is 11.1. The number of carbonyl (C=O) groups is 1. The van der Waals surface area contributed by atoms with E-state index in [1.165, 1.54) is 0 Å². The molecule has 0 bridgehead atoms. The standard InChI is InChI=1S/C20H33N5O3.HI/c1-2-22-20(24-9-4-12-28-16-17-6-13-27-14-7-17)25-11-10-23-19(26)18-5-3-8-21-15-18;/h3,5,8,15,17H,2,4,6-7,9-14,16H2,1H3,(H,23,26)(H2,22,24,25);1H. The van der Waals surface area contributed by atoms with E-state index in [4.69, 9.17) is 9.47 Å². The van der Waals surface area contributed by atoms with Gasteiger partial charge in [0.25, 0.3) is 5.91 Å². The van der Waals surface area contributed by atoms with Crippen molar-refractivity contribution in [2.45, 2.75) is 26.2 Å². The first-order valence-corrected chi connectivity index (χ1v) is 10.2. The van der Waals surface area contributed by atoms with Crippen molar-refractivity contribution in [3.63, 3.8) is 0 Å². The zero-order valence-electron chi connectivity index (χ0n) is 17.2. The number of pyridine rings is 1. The van der Waals surface area contributed by atoms with Crippen molar-refractivity contribution < 1.29 is 14.3 Å². The molecule has 3 N–H and O–H groups in total. The van der Waals surface area contributed by atoms with Gasteiger partial charge in [0.1, 0.15) is 0 Å². The van der Waals surface area contributed by atoms with Gasteiger partial charge in [-0.2, -0.15) is 0 Å². The summed E-state index contributed by atoms with van der Waals surface area (Å²) >= 11 is 0. The van der Waals surface area contributed by atoms with Gasteiger partial charge in [0.2, 0.25) is 0 Å². The Morgan fingerprint density at radius 1 is 1.28 bits per heavy atom. The monoisotopic (exact) mass is 519 g/mol. The number of hydrogen-bond donors (Lipinski definition) is 3. The number of ether oxygens (including phenoxy) is 2. The molecule has 1 aromatic rings. The van der Waals surface area contributed by atoms with Crippen LogP contribution in [0.3, 0.4) is 0 Å². The van der Waals surface area contributed by atoms with E-state index in [9.17, 15) is 4.79 Å². The van der Waals surface area contributed by atoms with Crippen molar-refractivity contribution in [2.75, 3.05) is 52.6 Å². The lowest BCUT2D eigenvalue weighted by Gasteiger charge is -2.21. The van der Waals surface area contributed by atoms with Crippen LogP contribution in [0, 0.1) is 5.92 Å². The molecule has 0 spiro atoms. The van der Waals surface area contributed by atoms with Gasteiger partial charge in [-0.1, -0.05) is 0 Å². The van der Waals surface area contributed by atoms with Gasteiger partial charge in [-0.05, 0) is 44.2 Å². The topological polar surface area (TPSA) is 96.9 Å². The predicted octanol–water partition coefficient (Wildman–Crippen LogP) is 1.82. The maximum absolute atomic E-state index is 12.0. The average molecular weight is 519 g/mol. The molecular weight excluding hydrogens is 485 g/mol. The summed E-state index contributed by atoms with van der Waals surface area (Å²) in [5, 5.41) is 9.29. The van der Waals surface area contributed by atoms with Gasteiger partial charge in [-0.25, -0.2) is 0 Å². The normalized spacial score (nSPS) is 14.7. The largest absolute Gasteiger partial charge is 0.381 e. The van der Waals surface area contributed by atoms with Crippen molar-refractivity contribution in [1.82, 2.24) is 20.9 Å². The molecule has 0 unspecified atom stereocenters. The quantitative estimate of drug-likeness (QED) is 0.179. The van der Waals surface area contributed by atoms with Crippen LogP contribution < -0.4 is 16.0 Å². The Hall–Kier alpha value is -1.46. The van der Waals surface area contributed by atoms with Crippen LogP contribution in [0.25, 0.3) is 0 Å². The molecule has 0 radical (unpaired) electrons. The van der Waals surface area contributed by atoms with Crippen LogP contribution >= 0.6 is 24.0 Å². The number of amides is 1. The molecule has 0 aromatic carbocycles. The van der Waals surface area contributed by atoms with Crippen molar-refractivity contribution in [3.05, 3.63) is 30.1 Å². The maximum Gasteiger partial charge on any atom is 0.252 e. The highest BCUT2D eigenvalue weighted by molar-refractivity contribution is 14.0. The van der Waals surface area contributed by atoms with Crippen molar-refractivity contribution >= 4 is 35.8 Å². The molecule has 0 saturated carbocycles. The summed E-state index contributed by atoms with van der Waals surface area (Å²) in [6.45, 7) is 7.88. The Balaban J connectivity index is 0.00000420. The molecule has 1 aromatic heterocycles. The number of nitrogens with one attached hydrogen (secondary N) is 3. The number of guanidine groups is 1. The molecular formula is C20H34IN5O3. The highest BCUT2D eigenvalue weighted by Crippen LogP contribution is 2.14. The van der Waals surface area contributed by atoms with Crippen LogP contribution in [0.4, 0.5) is 0 Å². The van der Waals surface area contributed by atoms with E-state index in [1.54, 1.807) is 24.5 Å². The van der Waals surface area contributed by atoms with Gasteiger partial charge in [-0.3, -0.25) is 14.8 Å². The molecule has 2 rings (SSSR count). The van der Waals surface area contributed by atoms with Crippen molar-refractivity contribution in [2.24, 2.45) is 10.9 Å². The van der Waals surface area contributed by atoms with E-state index < -0.39 is 0 Å². The average Bonchev–Trinajstić information content (AvgIpc) is 2.74. The van der Waals surface area contributed by atoms with Gasteiger partial charge in [0.05, 0.1) is 5.56 Å². The number of halogens is 1. The number of nitrogens with zero attached hydrogens (tertiary/aromatic N) is 2. The summed E-state index contributed by atoms with van der Waals surface area (Å²) in [7, 11) is 0. The molecule has 8 nitrogen and oxygen atoms in total. The second-order valence-electron chi connectivity index (χ2n) is 6.67. The Kier molecular flexibility index (Phi) is 14.4. The molecule has 1 amide bonds. The Bertz CT molecular complexity index is 583. The van der Waals surface area contributed by atoms with E-state index in [0.717, 1.165) is 58.2 Å².